The largest absolute Gasteiger partial charge is 0.406 e. The molecule has 1 aromatic rings. The van der Waals surface area contributed by atoms with Crippen molar-refractivity contribution in [1.82, 2.24) is 9.88 Å². The molecule has 0 saturated carbocycles. The Balaban J connectivity index is 2.78. The van der Waals surface area contributed by atoms with Gasteiger partial charge >= 0.3 is 6.18 Å². The molecule has 3 nitrogen and oxygen atoms in total. The van der Waals surface area contributed by atoms with Crippen molar-refractivity contribution in [1.29, 1.82) is 0 Å². The number of rotatable bonds is 4. The minimum Gasteiger partial charge on any atom is -0.333 e. The van der Waals surface area contributed by atoms with Crippen LogP contribution in [0.1, 0.15) is 31.5 Å². The summed E-state index contributed by atoms with van der Waals surface area (Å²) >= 11 is 1.38. The zero-order valence-corrected chi connectivity index (χ0v) is 12.9. The lowest BCUT2D eigenvalue weighted by Gasteiger charge is -2.30. The van der Waals surface area contributed by atoms with Gasteiger partial charge in [0.2, 0.25) is 5.91 Å². The summed E-state index contributed by atoms with van der Waals surface area (Å²) in [6.07, 6.45) is -4.48. The molecule has 0 radical (unpaired) electrons. The fourth-order valence-corrected chi connectivity index (χ4v) is 2.39. The van der Waals surface area contributed by atoms with Crippen LogP contribution in [0.15, 0.2) is 5.38 Å². The van der Waals surface area contributed by atoms with Crippen LogP contribution in [0.4, 0.5) is 13.2 Å². The van der Waals surface area contributed by atoms with Gasteiger partial charge in [-0.3, -0.25) is 4.79 Å². The van der Waals surface area contributed by atoms with Gasteiger partial charge in [0, 0.05) is 11.9 Å². The van der Waals surface area contributed by atoms with Crippen LogP contribution in [0.3, 0.4) is 0 Å². The highest BCUT2D eigenvalue weighted by Gasteiger charge is 2.34. The van der Waals surface area contributed by atoms with Crippen molar-refractivity contribution in [3.05, 3.63) is 16.1 Å². The Kier molecular flexibility index (Phi) is 5.18. The van der Waals surface area contributed by atoms with Gasteiger partial charge in [-0.05, 0) is 12.3 Å². The van der Waals surface area contributed by atoms with Crippen molar-refractivity contribution >= 4 is 17.2 Å². The van der Waals surface area contributed by atoms with Gasteiger partial charge in [0.25, 0.3) is 0 Å². The summed E-state index contributed by atoms with van der Waals surface area (Å²) < 4.78 is 37.7. The van der Waals surface area contributed by atoms with Crippen molar-refractivity contribution in [3.8, 4) is 0 Å². The lowest BCUT2D eigenvalue weighted by molar-refractivity contribution is -0.163. The zero-order valence-electron chi connectivity index (χ0n) is 12.0. The van der Waals surface area contributed by atoms with Gasteiger partial charge < -0.3 is 4.90 Å². The highest BCUT2D eigenvalue weighted by Crippen LogP contribution is 2.22. The second-order valence-electron chi connectivity index (χ2n) is 5.96. The molecular formula is C13H19F3N2OS. The maximum absolute atomic E-state index is 12.6. The monoisotopic (exact) mass is 308 g/mol. The van der Waals surface area contributed by atoms with Crippen LogP contribution in [0.5, 0.6) is 0 Å². The molecule has 0 aromatic carbocycles. The number of halogens is 3. The molecule has 0 aliphatic heterocycles. The van der Waals surface area contributed by atoms with Crippen LogP contribution in [-0.4, -0.2) is 35.1 Å². The van der Waals surface area contributed by atoms with Crippen LogP contribution in [0, 0.1) is 12.3 Å². The predicted molar refractivity (Wildman–Crippen MR) is 72.6 cm³/mol. The van der Waals surface area contributed by atoms with Gasteiger partial charge in [-0.15, -0.1) is 11.3 Å². The molecule has 0 aliphatic carbocycles. The molecular weight excluding hydrogens is 289 g/mol. The summed E-state index contributed by atoms with van der Waals surface area (Å²) in [5.74, 6) is -0.539. The quantitative estimate of drug-likeness (QED) is 0.854. The Labute approximate surface area is 120 Å². The third kappa shape index (κ3) is 6.36. The first kappa shape index (κ1) is 16.9. The molecule has 1 amide bonds. The molecule has 0 N–H and O–H groups in total. The Morgan fingerprint density at radius 1 is 1.30 bits per heavy atom. The van der Waals surface area contributed by atoms with Gasteiger partial charge in [0.1, 0.15) is 6.54 Å². The van der Waals surface area contributed by atoms with Gasteiger partial charge in [0.05, 0.1) is 17.1 Å². The molecule has 0 bridgehead atoms. The Morgan fingerprint density at radius 2 is 1.90 bits per heavy atom. The second kappa shape index (κ2) is 6.11. The lowest BCUT2D eigenvalue weighted by atomic mass is 9.96. The van der Waals surface area contributed by atoms with Crippen LogP contribution in [0.2, 0.25) is 0 Å². The number of aromatic nitrogens is 1. The van der Waals surface area contributed by atoms with Gasteiger partial charge in [-0.2, -0.15) is 13.2 Å². The third-order valence-electron chi connectivity index (χ3n) is 2.39. The van der Waals surface area contributed by atoms with Crippen LogP contribution in [0.25, 0.3) is 0 Å². The minimum absolute atomic E-state index is 0.0640. The van der Waals surface area contributed by atoms with Crippen molar-refractivity contribution in [2.24, 2.45) is 5.41 Å². The topological polar surface area (TPSA) is 33.2 Å². The Morgan fingerprint density at radius 3 is 2.30 bits per heavy atom. The number of aryl methyl sites for hydroxylation is 1. The van der Waals surface area contributed by atoms with Crippen LogP contribution in [-0.2, 0) is 11.2 Å². The molecule has 0 atom stereocenters. The number of thiazole rings is 1. The Hall–Kier alpha value is -1.11. The van der Waals surface area contributed by atoms with E-state index in [1.165, 1.54) is 11.3 Å². The molecule has 1 rings (SSSR count). The van der Waals surface area contributed by atoms with E-state index >= 15 is 0 Å². The first-order valence-corrected chi connectivity index (χ1v) is 7.10. The number of nitrogens with zero attached hydrogens (tertiary/aromatic N) is 2. The van der Waals surface area contributed by atoms with Gasteiger partial charge in [-0.1, -0.05) is 20.8 Å². The van der Waals surface area contributed by atoms with E-state index in [0.717, 1.165) is 9.91 Å². The standard InChI is InChI=1S/C13H19F3N2OS/c1-9-17-10(6-20-9)5-11(19)18(7-12(2,3)4)8-13(14,15)16/h6H,5,7-8H2,1-4H3. The fourth-order valence-electron chi connectivity index (χ4n) is 1.78. The van der Waals surface area contributed by atoms with Crippen molar-refractivity contribution in [3.63, 3.8) is 0 Å². The maximum atomic E-state index is 12.6. The third-order valence-corrected chi connectivity index (χ3v) is 3.21. The smallest absolute Gasteiger partial charge is 0.333 e. The van der Waals surface area contributed by atoms with Crippen LogP contribution < -0.4 is 0 Å². The number of hydrogen-bond acceptors (Lipinski definition) is 3. The first-order chi connectivity index (χ1) is 8.96. The number of carbonyl (C=O) groups is 1. The van der Waals surface area contributed by atoms with E-state index in [9.17, 15) is 18.0 Å². The predicted octanol–water partition coefficient (Wildman–Crippen LogP) is 3.43. The summed E-state index contributed by atoms with van der Waals surface area (Å²) in [5, 5.41) is 2.50. The van der Waals surface area contributed by atoms with E-state index in [-0.39, 0.29) is 18.4 Å². The summed E-state index contributed by atoms with van der Waals surface area (Å²) in [7, 11) is 0. The molecule has 1 aromatic heterocycles. The second-order valence-corrected chi connectivity index (χ2v) is 7.02. The van der Waals surface area contributed by atoms with E-state index in [1.54, 1.807) is 33.1 Å². The lowest BCUT2D eigenvalue weighted by Crippen LogP contribution is -2.44. The molecule has 7 heteroatoms. The normalized spacial score (nSPS) is 12.6. The molecule has 1 heterocycles. The summed E-state index contributed by atoms with van der Waals surface area (Å²) in [6, 6.07) is 0. The van der Waals surface area contributed by atoms with Gasteiger partial charge in [-0.25, -0.2) is 4.98 Å². The fraction of sp³-hybridized carbons (Fsp3) is 0.692. The molecule has 0 unspecified atom stereocenters. The van der Waals surface area contributed by atoms with E-state index in [0.29, 0.717) is 5.69 Å². The van der Waals surface area contributed by atoms with E-state index < -0.39 is 18.6 Å². The summed E-state index contributed by atoms with van der Waals surface area (Å²) in [5.41, 5.74) is 0.136. The highest BCUT2D eigenvalue weighted by atomic mass is 32.1. The van der Waals surface area contributed by atoms with Crippen molar-refractivity contribution in [2.45, 2.75) is 40.3 Å². The number of carbonyl (C=O) groups excluding carboxylic acids is 1. The zero-order chi connectivity index (χ0) is 15.6. The average molecular weight is 308 g/mol. The summed E-state index contributed by atoms with van der Waals surface area (Å²) in [4.78, 5) is 17.1. The SMILES string of the molecule is Cc1nc(CC(=O)N(CC(C)(C)C)CC(F)(F)F)cs1. The molecule has 20 heavy (non-hydrogen) atoms. The molecule has 0 aliphatic rings. The van der Waals surface area contributed by atoms with Crippen molar-refractivity contribution in [2.75, 3.05) is 13.1 Å². The van der Waals surface area contributed by atoms with Crippen LogP contribution >= 0.6 is 11.3 Å². The average Bonchev–Trinajstić information content (AvgIpc) is 2.58. The van der Waals surface area contributed by atoms with E-state index in [4.69, 9.17) is 0 Å². The summed E-state index contributed by atoms with van der Waals surface area (Å²) in [6.45, 7) is 6.05. The van der Waals surface area contributed by atoms with E-state index in [1.807, 2.05) is 0 Å². The first-order valence-electron chi connectivity index (χ1n) is 6.22. The number of hydrogen-bond donors (Lipinski definition) is 0. The minimum atomic E-state index is -4.39. The highest BCUT2D eigenvalue weighted by molar-refractivity contribution is 7.09. The van der Waals surface area contributed by atoms with Gasteiger partial charge in [0.15, 0.2) is 0 Å². The molecule has 0 spiro atoms. The molecule has 114 valence electrons. The number of amides is 1. The Bertz CT molecular complexity index is 447. The van der Waals surface area contributed by atoms with Crippen molar-refractivity contribution < 1.29 is 18.0 Å². The maximum Gasteiger partial charge on any atom is 0.406 e. The van der Waals surface area contributed by atoms with E-state index in [2.05, 4.69) is 4.98 Å². The molecule has 0 saturated heterocycles. The molecule has 0 fully saturated rings. The number of alkyl halides is 3.